The molecule has 0 saturated carbocycles. The molecule has 29 heavy (non-hydrogen) atoms. The molecule has 1 aliphatic heterocycles. The topological polar surface area (TPSA) is 64.0 Å². The molecule has 1 unspecified atom stereocenters. The minimum absolute atomic E-state index is 0.105. The Morgan fingerprint density at radius 3 is 2.41 bits per heavy atom. The molecule has 142 valence electrons. The van der Waals surface area contributed by atoms with Gasteiger partial charge in [0.2, 0.25) is 11.8 Å². The predicted octanol–water partition coefficient (Wildman–Crippen LogP) is 4.85. The third-order valence-corrected chi connectivity index (χ3v) is 6.09. The second-order valence-electron chi connectivity index (χ2n) is 6.86. The summed E-state index contributed by atoms with van der Waals surface area (Å²) in [7, 11) is 0. The summed E-state index contributed by atoms with van der Waals surface area (Å²) in [6.07, 6.45) is 0.145. The first-order valence-electron chi connectivity index (χ1n) is 9.33. The highest BCUT2D eigenvalue weighted by atomic mass is 32.2. The standard InChI is InChI=1S/C23H17N3O2S/c27-21-14-20(29-23-25-18-8-4-5-9-19(18)26(21)23)22(28)24-17-12-10-16(11-13-17)15-6-2-1-3-7-15/h1-13,20H,14H2,(H,24,28). The molecule has 1 aromatic heterocycles. The molecule has 0 spiro atoms. The number of carbonyl (C=O) groups excluding carboxylic acids is 2. The van der Waals surface area contributed by atoms with E-state index in [1.807, 2.05) is 78.9 Å². The Labute approximate surface area is 171 Å². The zero-order chi connectivity index (χ0) is 19.8. The van der Waals surface area contributed by atoms with Crippen LogP contribution in [0, 0.1) is 0 Å². The lowest BCUT2D eigenvalue weighted by atomic mass is 10.1. The van der Waals surface area contributed by atoms with Gasteiger partial charge in [0.15, 0.2) is 5.16 Å². The van der Waals surface area contributed by atoms with E-state index in [2.05, 4.69) is 10.3 Å². The Balaban J connectivity index is 1.33. The minimum Gasteiger partial charge on any atom is -0.325 e. The van der Waals surface area contributed by atoms with Gasteiger partial charge < -0.3 is 5.32 Å². The fourth-order valence-electron chi connectivity index (χ4n) is 3.49. The highest BCUT2D eigenvalue weighted by molar-refractivity contribution is 8.00. The van der Waals surface area contributed by atoms with E-state index in [0.717, 1.165) is 22.2 Å². The normalized spacial score (nSPS) is 15.9. The summed E-state index contributed by atoms with van der Waals surface area (Å²) >= 11 is 1.33. The summed E-state index contributed by atoms with van der Waals surface area (Å²) in [6, 6.07) is 25.3. The van der Waals surface area contributed by atoms with E-state index < -0.39 is 5.25 Å². The van der Waals surface area contributed by atoms with Gasteiger partial charge in [0, 0.05) is 12.1 Å². The van der Waals surface area contributed by atoms with Crippen molar-refractivity contribution in [1.29, 1.82) is 0 Å². The van der Waals surface area contributed by atoms with Crippen LogP contribution in [0.5, 0.6) is 0 Å². The van der Waals surface area contributed by atoms with Gasteiger partial charge in [-0.05, 0) is 35.4 Å². The number of anilines is 1. The highest BCUT2D eigenvalue weighted by Gasteiger charge is 2.33. The summed E-state index contributed by atoms with van der Waals surface area (Å²) < 4.78 is 1.61. The smallest absolute Gasteiger partial charge is 0.238 e. The molecule has 1 aliphatic rings. The molecular formula is C23H17N3O2S. The summed E-state index contributed by atoms with van der Waals surface area (Å²) in [6.45, 7) is 0. The number of para-hydroxylation sites is 2. The lowest BCUT2D eigenvalue weighted by Gasteiger charge is -2.21. The van der Waals surface area contributed by atoms with Crippen LogP contribution in [0.15, 0.2) is 84.0 Å². The fourth-order valence-corrected chi connectivity index (χ4v) is 4.59. The maximum absolute atomic E-state index is 12.8. The van der Waals surface area contributed by atoms with Crippen molar-refractivity contribution < 1.29 is 9.59 Å². The average Bonchev–Trinajstić information content (AvgIpc) is 3.14. The minimum atomic E-state index is -0.499. The van der Waals surface area contributed by atoms with Crippen molar-refractivity contribution >= 4 is 40.3 Å². The molecule has 0 saturated heterocycles. The van der Waals surface area contributed by atoms with Crippen LogP contribution in [-0.4, -0.2) is 26.6 Å². The van der Waals surface area contributed by atoms with Crippen LogP contribution in [0.4, 0.5) is 5.69 Å². The number of aromatic nitrogens is 2. The number of benzene rings is 3. The molecule has 1 amide bonds. The van der Waals surface area contributed by atoms with E-state index in [1.165, 1.54) is 11.8 Å². The number of carbonyl (C=O) groups is 2. The van der Waals surface area contributed by atoms with Gasteiger partial charge in [0.1, 0.15) is 5.25 Å². The zero-order valence-electron chi connectivity index (χ0n) is 15.4. The first-order chi connectivity index (χ1) is 14.2. The number of imidazole rings is 1. The number of nitrogens with one attached hydrogen (secondary N) is 1. The lowest BCUT2D eigenvalue weighted by molar-refractivity contribution is -0.115. The van der Waals surface area contributed by atoms with Gasteiger partial charge in [0.25, 0.3) is 0 Å². The van der Waals surface area contributed by atoms with Crippen LogP contribution in [0.3, 0.4) is 0 Å². The van der Waals surface area contributed by atoms with E-state index in [-0.39, 0.29) is 18.2 Å². The fraction of sp³-hybridized carbons (Fsp3) is 0.0870. The number of hydrogen-bond donors (Lipinski definition) is 1. The molecule has 6 heteroatoms. The van der Waals surface area contributed by atoms with E-state index in [1.54, 1.807) is 4.57 Å². The summed E-state index contributed by atoms with van der Waals surface area (Å²) in [4.78, 5) is 29.9. The summed E-state index contributed by atoms with van der Waals surface area (Å²) in [5.74, 6) is -0.291. The van der Waals surface area contributed by atoms with E-state index in [4.69, 9.17) is 0 Å². The van der Waals surface area contributed by atoms with Crippen molar-refractivity contribution in [2.75, 3.05) is 5.32 Å². The highest BCUT2D eigenvalue weighted by Crippen LogP contribution is 2.34. The first kappa shape index (κ1) is 17.7. The number of amides is 1. The van der Waals surface area contributed by atoms with Crippen LogP contribution < -0.4 is 5.32 Å². The molecule has 2 heterocycles. The van der Waals surface area contributed by atoms with E-state index in [9.17, 15) is 9.59 Å². The molecule has 3 aromatic carbocycles. The number of thioether (sulfide) groups is 1. The number of nitrogens with zero attached hydrogens (tertiary/aromatic N) is 2. The van der Waals surface area contributed by atoms with Crippen LogP contribution in [-0.2, 0) is 4.79 Å². The molecule has 5 rings (SSSR count). The van der Waals surface area contributed by atoms with Gasteiger partial charge in [0.05, 0.1) is 11.0 Å². The van der Waals surface area contributed by atoms with Crippen LogP contribution in [0.2, 0.25) is 0 Å². The van der Waals surface area contributed by atoms with Gasteiger partial charge in [-0.15, -0.1) is 0 Å². The van der Waals surface area contributed by atoms with Crippen molar-refractivity contribution in [2.24, 2.45) is 0 Å². The van der Waals surface area contributed by atoms with E-state index in [0.29, 0.717) is 10.8 Å². The monoisotopic (exact) mass is 399 g/mol. The molecule has 0 radical (unpaired) electrons. The van der Waals surface area contributed by atoms with Gasteiger partial charge in [-0.2, -0.15) is 0 Å². The van der Waals surface area contributed by atoms with Gasteiger partial charge in [-0.1, -0.05) is 66.4 Å². The quantitative estimate of drug-likeness (QED) is 0.535. The Kier molecular flexibility index (Phi) is 4.41. The van der Waals surface area contributed by atoms with Gasteiger partial charge >= 0.3 is 0 Å². The van der Waals surface area contributed by atoms with Crippen LogP contribution in [0.25, 0.3) is 22.2 Å². The number of rotatable bonds is 3. The Hall–Kier alpha value is -3.38. The molecule has 1 N–H and O–H groups in total. The number of hydrogen-bond acceptors (Lipinski definition) is 4. The number of fused-ring (bicyclic) bond motifs is 3. The van der Waals surface area contributed by atoms with Crippen molar-refractivity contribution in [3.63, 3.8) is 0 Å². The van der Waals surface area contributed by atoms with Crippen LogP contribution >= 0.6 is 11.8 Å². The second-order valence-corrected chi connectivity index (χ2v) is 8.03. The molecule has 0 fully saturated rings. The Morgan fingerprint density at radius 1 is 0.931 bits per heavy atom. The van der Waals surface area contributed by atoms with Crippen molar-refractivity contribution in [1.82, 2.24) is 9.55 Å². The first-order valence-corrected chi connectivity index (χ1v) is 10.2. The summed E-state index contributed by atoms with van der Waals surface area (Å²) in [5, 5.41) is 3.00. The maximum atomic E-state index is 12.8. The predicted molar refractivity (Wildman–Crippen MR) is 115 cm³/mol. The average molecular weight is 399 g/mol. The molecular weight excluding hydrogens is 382 g/mol. The van der Waals surface area contributed by atoms with Crippen molar-refractivity contribution in [2.45, 2.75) is 16.8 Å². The third-order valence-electron chi connectivity index (χ3n) is 4.94. The molecule has 5 nitrogen and oxygen atoms in total. The Morgan fingerprint density at radius 2 is 1.62 bits per heavy atom. The van der Waals surface area contributed by atoms with Crippen LogP contribution in [0.1, 0.15) is 11.2 Å². The zero-order valence-corrected chi connectivity index (χ0v) is 16.2. The molecule has 0 aliphatic carbocycles. The van der Waals surface area contributed by atoms with Gasteiger partial charge in [-0.3, -0.25) is 14.2 Å². The second kappa shape index (κ2) is 7.22. The molecule has 4 aromatic rings. The van der Waals surface area contributed by atoms with Crippen molar-refractivity contribution in [3.05, 3.63) is 78.9 Å². The summed E-state index contributed by atoms with van der Waals surface area (Å²) in [5.41, 5.74) is 4.47. The van der Waals surface area contributed by atoms with Crippen molar-refractivity contribution in [3.8, 4) is 11.1 Å². The molecule has 1 atom stereocenters. The molecule has 0 bridgehead atoms. The van der Waals surface area contributed by atoms with Gasteiger partial charge in [-0.25, -0.2) is 4.98 Å². The third kappa shape index (κ3) is 3.32. The van der Waals surface area contributed by atoms with E-state index >= 15 is 0 Å². The SMILES string of the molecule is O=C(Nc1ccc(-c2ccccc2)cc1)C1CC(=O)n2c(nc3ccccc32)S1. The lowest BCUT2D eigenvalue weighted by Crippen LogP contribution is -2.33. The Bertz CT molecular complexity index is 1220. The largest absolute Gasteiger partial charge is 0.325 e. The maximum Gasteiger partial charge on any atom is 0.238 e.